The van der Waals surface area contributed by atoms with Gasteiger partial charge < -0.3 is 0 Å². The van der Waals surface area contributed by atoms with E-state index in [0.29, 0.717) is 5.92 Å². The van der Waals surface area contributed by atoms with Crippen molar-refractivity contribution in [3.63, 3.8) is 0 Å². The molecule has 2 atom stereocenters. The van der Waals surface area contributed by atoms with Crippen molar-refractivity contribution in [3.05, 3.63) is 0 Å². The third-order valence-electron chi connectivity index (χ3n) is 2.02. The molecule has 0 amide bonds. The maximum Gasteiger partial charge on any atom is 0.0470 e. The van der Waals surface area contributed by atoms with Crippen molar-refractivity contribution < 1.29 is 0 Å². The maximum atomic E-state index is 6.16. The van der Waals surface area contributed by atoms with Crippen molar-refractivity contribution in [3.8, 4) is 11.8 Å². The Kier molecular flexibility index (Phi) is 5.49. The van der Waals surface area contributed by atoms with Gasteiger partial charge in [0.05, 0.1) is 0 Å². The fourth-order valence-electron chi connectivity index (χ4n) is 0.871. The van der Waals surface area contributed by atoms with Crippen LogP contribution in [0.2, 0.25) is 0 Å². The fourth-order valence-corrected chi connectivity index (χ4v) is 1.13. The highest BCUT2D eigenvalue weighted by Crippen LogP contribution is 2.17. The molecule has 0 fully saturated rings. The Bertz CT molecular complexity index is 189. The first-order valence-corrected chi connectivity index (χ1v) is 5.44. The fraction of sp³-hybridized carbons (Fsp3) is 0.833. The Morgan fingerprint density at radius 1 is 1.31 bits per heavy atom. The molecule has 0 heterocycles. The van der Waals surface area contributed by atoms with E-state index in [0.717, 1.165) is 12.8 Å². The molecular weight excluding hydrogens is 180 g/mol. The smallest absolute Gasteiger partial charge is 0.0470 e. The zero-order valence-electron chi connectivity index (χ0n) is 9.45. The third kappa shape index (κ3) is 6.96. The van der Waals surface area contributed by atoms with Crippen LogP contribution in [0, 0.1) is 23.2 Å². The van der Waals surface area contributed by atoms with Gasteiger partial charge in [0.2, 0.25) is 0 Å². The number of hydrogen-bond acceptors (Lipinski definition) is 0. The summed E-state index contributed by atoms with van der Waals surface area (Å²) in [6, 6.07) is 0. The van der Waals surface area contributed by atoms with E-state index >= 15 is 0 Å². The summed E-state index contributed by atoms with van der Waals surface area (Å²) in [7, 11) is 0. The quantitative estimate of drug-likeness (QED) is 0.476. The van der Waals surface area contributed by atoms with Gasteiger partial charge in [0.25, 0.3) is 0 Å². The highest BCUT2D eigenvalue weighted by Gasteiger charge is 2.11. The highest BCUT2D eigenvalue weighted by molar-refractivity contribution is 6.20. The van der Waals surface area contributed by atoms with Crippen LogP contribution in [0.15, 0.2) is 0 Å². The lowest BCUT2D eigenvalue weighted by Gasteiger charge is -2.13. The minimum atomic E-state index is 0.103. The van der Waals surface area contributed by atoms with Gasteiger partial charge in [0.1, 0.15) is 0 Å². The maximum absolute atomic E-state index is 6.16. The molecule has 0 spiro atoms. The summed E-state index contributed by atoms with van der Waals surface area (Å²) in [6.45, 7) is 10.7. The van der Waals surface area contributed by atoms with E-state index in [-0.39, 0.29) is 10.8 Å². The van der Waals surface area contributed by atoms with Crippen molar-refractivity contribution in [2.45, 2.75) is 52.8 Å². The second-order valence-corrected chi connectivity index (χ2v) is 5.22. The molecule has 0 aromatic carbocycles. The van der Waals surface area contributed by atoms with Crippen molar-refractivity contribution in [1.29, 1.82) is 0 Å². The van der Waals surface area contributed by atoms with Crippen LogP contribution in [-0.4, -0.2) is 5.38 Å². The molecule has 76 valence electrons. The highest BCUT2D eigenvalue weighted by atomic mass is 35.5. The molecule has 2 unspecified atom stereocenters. The van der Waals surface area contributed by atoms with Crippen LogP contribution >= 0.6 is 11.6 Å². The average Bonchev–Trinajstić information content (AvgIpc) is 2.00. The van der Waals surface area contributed by atoms with E-state index in [1.165, 1.54) is 0 Å². The van der Waals surface area contributed by atoms with Crippen LogP contribution in [0.4, 0.5) is 0 Å². The minimum absolute atomic E-state index is 0.103. The van der Waals surface area contributed by atoms with Gasteiger partial charge in [-0.25, -0.2) is 0 Å². The van der Waals surface area contributed by atoms with Gasteiger partial charge >= 0.3 is 0 Å². The summed E-state index contributed by atoms with van der Waals surface area (Å²) in [5.41, 5.74) is 0.103. The van der Waals surface area contributed by atoms with Crippen molar-refractivity contribution in [2.24, 2.45) is 11.3 Å². The van der Waals surface area contributed by atoms with E-state index in [9.17, 15) is 0 Å². The summed E-state index contributed by atoms with van der Waals surface area (Å²) in [5, 5.41) is 0.208. The first-order chi connectivity index (χ1) is 5.87. The molecule has 13 heavy (non-hydrogen) atoms. The Labute approximate surface area is 88.1 Å². The van der Waals surface area contributed by atoms with Gasteiger partial charge in [-0.2, -0.15) is 0 Å². The van der Waals surface area contributed by atoms with Gasteiger partial charge in [-0.15, -0.1) is 17.5 Å². The predicted molar refractivity (Wildman–Crippen MR) is 60.9 cm³/mol. The zero-order chi connectivity index (χ0) is 10.5. The molecule has 0 N–H and O–H groups in total. The van der Waals surface area contributed by atoms with Crippen LogP contribution in [0.25, 0.3) is 0 Å². The molecular formula is C12H21Cl. The Hall–Kier alpha value is -0.150. The lowest BCUT2D eigenvalue weighted by molar-refractivity contribution is 0.531. The third-order valence-corrected chi connectivity index (χ3v) is 2.61. The van der Waals surface area contributed by atoms with Gasteiger partial charge in [-0.05, 0) is 26.7 Å². The summed E-state index contributed by atoms with van der Waals surface area (Å²) in [5.74, 6) is 6.92. The Morgan fingerprint density at radius 3 is 2.23 bits per heavy atom. The Balaban J connectivity index is 3.93. The summed E-state index contributed by atoms with van der Waals surface area (Å²) >= 11 is 6.16. The van der Waals surface area contributed by atoms with Gasteiger partial charge in [-0.3, -0.25) is 0 Å². The van der Waals surface area contributed by atoms with Crippen LogP contribution < -0.4 is 0 Å². The largest absolute Gasteiger partial charge is 0.122 e. The van der Waals surface area contributed by atoms with E-state index in [4.69, 9.17) is 11.6 Å². The van der Waals surface area contributed by atoms with Crippen LogP contribution in [0.3, 0.4) is 0 Å². The first kappa shape index (κ1) is 12.8. The van der Waals surface area contributed by atoms with Crippen molar-refractivity contribution >= 4 is 11.6 Å². The van der Waals surface area contributed by atoms with Crippen LogP contribution in [-0.2, 0) is 0 Å². The van der Waals surface area contributed by atoms with Gasteiger partial charge in [-0.1, -0.05) is 26.2 Å². The number of hydrogen-bond donors (Lipinski definition) is 0. The molecule has 0 bridgehead atoms. The summed E-state index contributed by atoms with van der Waals surface area (Å²) in [6.07, 6.45) is 1.94. The average molecular weight is 201 g/mol. The molecule has 0 saturated heterocycles. The monoisotopic (exact) mass is 200 g/mol. The number of rotatable bonds is 3. The normalized spacial score (nSPS) is 15.8. The van der Waals surface area contributed by atoms with E-state index < -0.39 is 0 Å². The number of halogens is 1. The van der Waals surface area contributed by atoms with Gasteiger partial charge in [0, 0.05) is 17.2 Å². The van der Waals surface area contributed by atoms with Gasteiger partial charge in [0.15, 0.2) is 0 Å². The zero-order valence-corrected chi connectivity index (χ0v) is 10.2. The minimum Gasteiger partial charge on any atom is -0.122 e. The van der Waals surface area contributed by atoms with Crippen LogP contribution in [0.1, 0.15) is 47.5 Å². The molecule has 0 rings (SSSR count). The second-order valence-electron chi connectivity index (χ2n) is 4.66. The SMILES string of the molecule is CCC(C)C(Cl)CC#CC(C)(C)C. The molecule has 0 aliphatic heterocycles. The lowest BCUT2D eigenvalue weighted by Crippen LogP contribution is -2.09. The van der Waals surface area contributed by atoms with Crippen LogP contribution in [0.5, 0.6) is 0 Å². The molecule has 0 aliphatic carbocycles. The summed E-state index contributed by atoms with van der Waals surface area (Å²) in [4.78, 5) is 0. The second kappa shape index (κ2) is 5.55. The molecule has 0 aromatic heterocycles. The Morgan fingerprint density at radius 2 is 1.85 bits per heavy atom. The first-order valence-electron chi connectivity index (χ1n) is 5.01. The summed E-state index contributed by atoms with van der Waals surface area (Å²) < 4.78 is 0. The predicted octanol–water partition coefficient (Wildman–Crippen LogP) is 4.08. The van der Waals surface area contributed by atoms with E-state index in [1.54, 1.807) is 0 Å². The van der Waals surface area contributed by atoms with Crippen molar-refractivity contribution in [1.82, 2.24) is 0 Å². The molecule has 1 heteroatoms. The molecule has 0 saturated carbocycles. The lowest BCUT2D eigenvalue weighted by atomic mass is 9.96. The molecule has 0 radical (unpaired) electrons. The van der Waals surface area contributed by atoms with Crippen molar-refractivity contribution in [2.75, 3.05) is 0 Å². The molecule has 0 aromatic rings. The molecule has 0 nitrogen and oxygen atoms in total. The number of alkyl halides is 1. The standard InChI is InChI=1S/C12H21Cl/c1-6-10(2)11(13)8-7-9-12(3,4)5/h10-11H,6,8H2,1-5H3. The van der Waals surface area contributed by atoms with E-state index in [1.807, 2.05) is 0 Å². The van der Waals surface area contributed by atoms with E-state index in [2.05, 4.69) is 46.5 Å². The molecule has 0 aliphatic rings. The topological polar surface area (TPSA) is 0 Å².